The molecule has 6 nitrogen and oxygen atoms in total. The molecule has 0 N–H and O–H groups in total. The van der Waals surface area contributed by atoms with E-state index in [-0.39, 0.29) is 19.1 Å². The molecule has 2 rings (SSSR count). The van der Waals surface area contributed by atoms with E-state index in [4.69, 9.17) is 14.0 Å². The molecule has 112 valence electrons. The van der Waals surface area contributed by atoms with Crippen LogP contribution >= 0.6 is 15.9 Å². The number of ether oxygens (including phenoxy) is 2. The summed E-state index contributed by atoms with van der Waals surface area (Å²) >= 11 is 3.36. The van der Waals surface area contributed by atoms with Gasteiger partial charge in [0, 0.05) is 11.6 Å². The molecule has 0 saturated heterocycles. The topological polar surface area (TPSA) is 74.5 Å². The summed E-state index contributed by atoms with van der Waals surface area (Å²) < 4.78 is 16.1. The van der Waals surface area contributed by atoms with Crippen LogP contribution in [0, 0.1) is 0 Å². The summed E-state index contributed by atoms with van der Waals surface area (Å²) in [6.45, 7) is 2.25. The van der Waals surface area contributed by atoms with Crippen molar-refractivity contribution in [3.05, 3.63) is 46.0 Å². The average Bonchev–Trinajstić information content (AvgIpc) is 2.90. The van der Waals surface area contributed by atoms with E-state index in [0.717, 1.165) is 10.0 Å². The molecule has 0 radical (unpaired) electrons. The summed E-state index contributed by atoms with van der Waals surface area (Å²) in [6, 6.07) is 7.31. The largest absolute Gasteiger partial charge is 0.465 e. The lowest BCUT2D eigenvalue weighted by atomic mass is 9.99. The van der Waals surface area contributed by atoms with Crippen molar-refractivity contribution in [2.24, 2.45) is 0 Å². The van der Waals surface area contributed by atoms with Crippen molar-refractivity contribution in [3.8, 4) is 0 Å². The lowest BCUT2D eigenvalue weighted by Gasteiger charge is -2.12. The van der Waals surface area contributed by atoms with Crippen molar-refractivity contribution in [1.29, 1.82) is 0 Å². The minimum atomic E-state index is -0.740. The molecule has 1 aromatic heterocycles. The minimum Gasteiger partial charge on any atom is -0.465 e. The lowest BCUT2D eigenvalue weighted by molar-refractivity contribution is -0.144. The lowest BCUT2D eigenvalue weighted by Crippen LogP contribution is -2.17. The van der Waals surface area contributed by atoms with Crippen LogP contribution in [0.15, 0.2) is 33.3 Å². The molecule has 21 heavy (non-hydrogen) atoms. The van der Waals surface area contributed by atoms with E-state index in [0.29, 0.717) is 5.82 Å². The van der Waals surface area contributed by atoms with Crippen molar-refractivity contribution in [1.82, 2.24) is 10.1 Å². The van der Waals surface area contributed by atoms with E-state index in [1.54, 1.807) is 6.92 Å². The molecule has 1 atom stereocenters. The Morgan fingerprint density at radius 3 is 2.71 bits per heavy atom. The van der Waals surface area contributed by atoms with E-state index in [1.807, 2.05) is 24.3 Å². The van der Waals surface area contributed by atoms with Gasteiger partial charge in [0.1, 0.15) is 6.61 Å². The van der Waals surface area contributed by atoms with Gasteiger partial charge in [-0.25, -0.2) is 0 Å². The summed E-state index contributed by atoms with van der Waals surface area (Å²) in [7, 11) is 1.54. The Morgan fingerprint density at radius 2 is 2.10 bits per heavy atom. The molecule has 7 heteroatoms. The van der Waals surface area contributed by atoms with Gasteiger partial charge in [-0.2, -0.15) is 4.98 Å². The molecular weight excluding hydrogens is 340 g/mol. The van der Waals surface area contributed by atoms with Crippen LogP contribution in [0.3, 0.4) is 0 Å². The molecule has 0 bridgehead atoms. The van der Waals surface area contributed by atoms with Crippen molar-refractivity contribution < 1.29 is 18.8 Å². The standard InChI is InChI=1S/C14H15BrN2O4/c1-3-20-14(18)12(9-4-6-10(15)7-5-9)13-16-11(8-19-2)17-21-13/h4-7,12H,3,8H2,1-2H3. The number of hydrogen-bond acceptors (Lipinski definition) is 6. The van der Waals surface area contributed by atoms with Crippen molar-refractivity contribution in [2.75, 3.05) is 13.7 Å². The maximum absolute atomic E-state index is 12.2. The van der Waals surface area contributed by atoms with Crippen LogP contribution in [-0.2, 0) is 20.9 Å². The number of nitrogens with zero attached hydrogens (tertiary/aromatic N) is 2. The van der Waals surface area contributed by atoms with Gasteiger partial charge in [-0.15, -0.1) is 0 Å². The zero-order valence-electron chi connectivity index (χ0n) is 11.7. The van der Waals surface area contributed by atoms with E-state index in [9.17, 15) is 4.79 Å². The first-order chi connectivity index (χ1) is 10.2. The Labute approximate surface area is 130 Å². The second-order valence-electron chi connectivity index (χ2n) is 4.22. The van der Waals surface area contributed by atoms with Gasteiger partial charge >= 0.3 is 5.97 Å². The predicted molar refractivity (Wildman–Crippen MR) is 77.6 cm³/mol. The van der Waals surface area contributed by atoms with Crippen LogP contribution in [-0.4, -0.2) is 29.8 Å². The summed E-state index contributed by atoms with van der Waals surface area (Å²) in [4.78, 5) is 16.4. The van der Waals surface area contributed by atoms with Gasteiger partial charge in [-0.05, 0) is 24.6 Å². The van der Waals surface area contributed by atoms with Gasteiger partial charge in [0.2, 0.25) is 5.89 Å². The third-order valence-corrected chi connectivity index (χ3v) is 3.26. The van der Waals surface area contributed by atoms with Crippen molar-refractivity contribution in [3.63, 3.8) is 0 Å². The van der Waals surface area contributed by atoms with Crippen LogP contribution in [0.1, 0.15) is 30.1 Å². The second-order valence-corrected chi connectivity index (χ2v) is 5.13. The molecule has 2 aromatic rings. The molecule has 0 aliphatic carbocycles. The second kappa shape index (κ2) is 7.33. The number of carbonyl (C=O) groups is 1. The van der Waals surface area contributed by atoms with Crippen LogP contribution in [0.2, 0.25) is 0 Å². The maximum atomic E-state index is 12.2. The highest BCUT2D eigenvalue weighted by Crippen LogP contribution is 2.26. The number of benzene rings is 1. The van der Waals surface area contributed by atoms with Crippen LogP contribution < -0.4 is 0 Å². The van der Waals surface area contributed by atoms with E-state index >= 15 is 0 Å². The highest BCUT2D eigenvalue weighted by Gasteiger charge is 2.30. The molecule has 0 amide bonds. The van der Waals surface area contributed by atoms with Crippen LogP contribution in [0.25, 0.3) is 0 Å². The smallest absolute Gasteiger partial charge is 0.323 e. The first kappa shape index (κ1) is 15.7. The summed E-state index contributed by atoms with van der Waals surface area (Å²) in [5.41, 5.74) is 0.726. The summed E-state index contributed by atoms with van der Waals surface area (Å²) in [5, 5.41) is 3.78. The fourth-order valence-electron chi connectivity index (χ4n) is 1.83. The van der Waals surface area contributed by atoms with Crippen LogP contribution in [0.4, 0.5) is 0 Å². The van der Waals surface area contributed by atoms with E-state index in [1.165, 1.54) is 7.11 Å². The van der Waals surface area contributed by atoms with Gasteiger partial charge in [-0.1, -0.05) is 33.2 Å². The number of carbonyl (C=O) groups excluding carboxylic acids is 1. The fourth-order valence-corrected chi connectivity index (χ4v) is 2.10. The maximum Gasteiger partial charge on any atom is 0.323 e. The number of methoxy groups -OCH3 is 1. The first-order valence-electron chi connectivity index (χ1n) is 6.39. The molecular formula is C14H15BrN2O4. The Kier molecular flexibility index (Phi) is 5.46. The van der Waals surface area contributed by atoms with Gasteiger partial charge in [-0.3, -0.25) is 4.79 Å². The van der Waals surface area contributed by atoms with Crippen molar-refractivity contribution in [2.45, 2.75) is 19.4 Å². The van der Waals surface area contributed by atoms with Gasteiger partial charge in [0.25, 0.3) is 0 Å². The number of halogens is 1. The SMILES string of the molecule is CCOC(=O)C(c1ccc(Br)cc1)c1nc(COC)no1. The number of esters is 1. The van der Waals surface area contributed by atoms with E-state index in [2.05, 4.69) is 26.1 Å². The summed E-state index contributed by atoms with van der Waals surface area (Å²) in [5.74, 6) is -0.578. The number of aromatic nitrogens is 2. The quantitative estimate of drug-likeness (QED) is 0.742. The third kappa shape index (κ3) is 3.89. The monoisotopic (exact) mass is 354 g/mol. The molecule has 0 fully saturated rings. The van der Waals surface area contributed by atoms with E-state index < -0.39 is 11.9 Å². The Balaban J connectivity index is 2.34. The molecule has 0 spiro atoms. The predicted octanol–water partition coefficient (Wildman–Crippen LogP) is 2.67. The summed E-state index contributed by atoms with van der Waals surface area (Å²) in [6.07, 6.45) is 0. The highest BCUT2D eigenvalue weighted by atomic mass is 79.9. The Bertz CT molecular complexity index is 597. The molecule has 1 aromatic carbocycles. The minimum absolute atomic E-state index is 0.197. The highest BCUT2D eigenvalue weighted by molar-refractivity contribution is 9.10. The van der Waals surface area contributed by atoms with Gasteiger partial charge in [0.15, 0.2) is 11.7 Å². The fraction of sp³-hybridized carbons (Fsp3) is 0.357. The molecule has 0 aliphatic heterocycles. The average molecular weight is 355 g/mol. The third-order valence-electron chi connectivity index (χ3n) is 2.73. The zero-order valence-corrected chi connectivity index (χ0v) is 13.3. The molecule has 1 unspecified atom stereocenters. The molecule has 1 heterocycles. The van der Waals surface area contributed by atoms with Crippen molar-refractivity contribution >= 4 is 21.9 Å². The van der Waals surface area contributed by atoms with Gasteiger partial charge < -0.3 is 14.0 Å². The molecule has 0 saturated carbocycles. The number of hydrogen-bond donors (Lipinski definition) is 0. The number of rotatable bonds is 6. The normalized spacial score (nSPS) is 12.1. The van der Waals surface area contributed by atoms with Gasteiger partial charge in [0.05, 0.1) is 6.61 Å². The van der Waals surface area contributed by atoms with Crippen LogP contribution in [0.5, 0.6) is 0 Å². The first-order valence-corrected chi connectivity index (χ1v) is 7.18. The molecule has 0 aliphatic rings. The zero-order chi connectivity index (χ0) is 15.2. The Hall–Kier alpha value is -1.73. The Morgan fingerprint density at radius 1 is 1.38 bits per heavy atom.